The lowest BCUT2D eigenvalue weighted by molar-refractivity contribution is 0.610. The molecule has 0 bridgehead atoms. The van der Waals surface area contributed by atoms with Gasteiger partial charge in [-0.2, -0.15) is 0 Å². The standard InChI is InChI=1S/C15H18BrFN4S.HI/c1-3-18-15(21-9-14-19-7-10(2)22-14)20-8-11-6-12(16)4-5-13(11)17;/h4-7H,3,8-9H2,1-2H3,(H2,18,20,21);1H. The van der Waals surface area contributed by atoms with Gasteiger partial charge in [-0.1, -0.05) is 15.9 Å². The van der Waals surface area contributed by atoms with Gasteiger partial charge in [0, 0.05) is 27.7 Å². The first-order valence-corrected chi connectivity index (χ1v) is 8.57. The second kappa shape index (κ2) is 10.2. The number of guanidine groups is 1. The maximum absolute atomic E-state index is 13.7. The largest absolute Gasteiger partial charge is 0.357 e. The topological polar surface area (TPSA) is 49.3 Å². The summed E-state index contributed by atoms with van der Waals surface area (Å²) in [5, 5.41) is 7.35. The Hall–Kier alpha value is -0.740. The lowest BCUT2D eigenvalue weighted by atomic mass is 10.2. The molecule has 0 unspecified atom stereocenters. The number of halogens is 3. The molecule has 2 N–H and O–H groups in total. The van der Waals surface area contributed by atoms with E-state index in [9.17, 15) is 4.39 Å². The first-order chi connectivity index (χ1) is 10.6. The van der Waals surface area contributed by atoms with Crippen molar-refractivity contribution in [2.75, 3.05) is 6.54 Å². The van der Waals surface area contributed by atoms with Crippen molar-refractivity contribution in [1.29, 1.82) is 0 Å². The van der Waals surface area contributed by atoms with Crippen LogP contribution in [0.15, 0.2) is 33.9 Å². The molecule has 0 spiro atoms. The molecule has 1 aromatic heterocycles. The zero-order valence-electron chi connectivity index (χ0n) is 12.9. The molecule has 0 aliphatic rings. The van der Waals surface area contributed by atoms with E-state index in [1.807, 2.05) is 20.0 Å². The van der Waals surface area contributed by atoms with Crippen LogP contribution in [-0.2, 0) is 13.1 Å². The van der Waals surface area contributed by atoms with E-state index in [1.54, 1.807) is 23.5 Å². The van der Waals surface area contributed by atoms with Crippen molar-refractivity contribution in [2.24, 2.45) is 4.99 Å². The van der Waals surface area contributed by atoms with Crippen LogP contribution in [0.1, 0.15) is 22.4 Å². The van der Waals surface area contributed by atoms with Gasteiger partial charge in [0.25, 0.3) is 0 Å². The van der Waals surface area contributed by atoms with Gasteiger partial charge in [0.2, 0.25) is 0 Å². The van der Waals surface area contributed by atoms with Gasteiger partial charge >= 0.3 is 0 Å². The Bertz CT molecular complexity index is 663. The number of aromatic nitrogens is 1. The number of aryl methyl sites for hydroxylation is 1. The number of hydrogen-bond acceptors (Lipinski definition) is 3. The van der Waals surface area contributed by atoms with Crippen molar-refractivity contribution < 1.29 is 4.39 Å². The highest BCUT2D eigenvalue weighted by atomic mass is 127. The highest BCUT2D eigenvalue weighted by Crippen LogP contribution is 2.16. The van der Waals surface area contributed by atoms with Crippen molar-refractivity contribution in [3.63, 3.8) is 0 Å². The molecule has 0 amide bonds. The number of rotatable bonds is 5. The third-order valence-electron chi connectivity index (χ3n) is 2.84. The molecule has 0 fully saturated rings. The van der Waals surface area contributed by atoms with Gasteiger partial charge in [0.15, 0.2) is 5.96 Å². The van der Waals surface area contributed by atoms with E-state index >= 15 is 0 Å². The van der Waals surface area contributed by atoms with E-state index in [2.05, 4.69) is 36.5 Å². The summed E-state index contributed by atoms with van der Waals surface area (Å²) in [7, 11) is 0. The zero-order valence-corrected chi connectivity index (χ0v) is 17.6. The first-order valence-electron chi connectivity index (χ1n) is 6.96. The molecule has 0 radical (unpaired) electrons. The van der Waals surface area contributed by atoms with Gasteiger partial charge in [0.1, 0.15) is 10.8 Å². The van der Waals surface area contributed by atoms with Crippen LogP contribution in [0.25, 0.3) is 0 Å². The minimum absolute atomic E-state index is 0. The van der Waals surface area contributed by atoms with Gasteiger partial charge in [-0.3, -0.25) is 0 Å². The van der Waals surface area contributed by atoms with E-state index in [1.165, 1.54) is 10.9 Å². The Morgan fingerprint density at radius 1 is 1.39 bits per heavy atom. The highest BCUT2D eigenvalue weighted by Gasteiger charge is 2.04. The fourth-order valence-corrected chi connectivity index (χ4v) is 2.95. The lowest BCUT2D eigenvalue weighted by Gasteiger charge is -2.10. The van der Waals surface area contributed by atoms with Gasteiger partial charge in [0.05, 0.1) is 13.1 Å². The van der Waals surface area contributed by atoms with Crippen LogP contribution < -0.4 is 10.6 Å². The van der Waals surface area contributed by atoms with E-state index in [4.69, 9.17) is 0 Å². The third-order valence-corrected chi connectivity index (χ3v) is 4.24. The molecule has 126 valence electrons. The Morgan fingerprint density at radius 2 is 2.17 bits per heavy atom. The quantitative estimate of drug-likeness (QED) is 0.358. The molecule has 0 aliphatic heterocycles. The second-order valence-corrected chi connectivity index (χ2v) is 6.88. The van der Waals surface area contributed by atoms with Crippen LogP contribution in [-0.4, -0.2) is 17.5 Å². The number of nitrogens with zero attached hydrogens (tertiary/aromatic N) is 2. The molecule has 4 nitrogen and oxygen atoms in total. The summed E-state index contributed by atoms with van der Waals surface area (Å²) in [5.74, 6) is 0.396. The van der Waals surface area contributed by atoms with Gasteiger partial charge in [-0.05, 0) is 32.0 Å². The SMILES string of the molecule is CCNC(=NCc1cc(Br)ccc1F)NCc1ncc(C)s1.I. The summed E-state index contributed by atoms with van der Waals surface area (Å²) in [6.07, 6.45) is 1.85. The Morgan fingerprint density at radius 3 is 2.83 bits per heavy atom. The zero-order chi connectivity index (χ0) is 15.9. The molecule has 0 saturated carbocycles. The number of benzene rings is 1. The molecule has 0 atom stereocenters. The maximum atomic E-state index is 13.7. The average molecular weight is 513 g/mol. The molecule has 1 heterocycles. The van der Waals surface area contributed by atoms with Crippen molar-refractivity contribution in [1.82, 2.24) is 15.6 Å². The minimum Gasteiger partial charge on any atom is -0.357 e. The molecule has 2 aromatic rings. The van der Waals surface area contributed by atoms with Crippen LogP contribution in [0.3, 0.4) is 0 Å². The Kier molecular flexibility index (Phi) is 9.00. The highest BCUT2D eigenvalue weighted by molar-refractivity contribution is 14.0. The van der Waals surface area contributed by atoms with E-state index in [0.717, 1.165) is 16.0 Å². The van der Waals surface area contributed by atoms with Crippen LogP contribution in [0, 0.1) is 12.7 Å². The minimum atomic E-state index is -0.252. The average Bonchev–Trinajstić information content (AvgIpc) is 2.91. The molecule has 1 aromatic carbocycles. The van der Waals surface area contributed by atoms with Crippen LogP contribution in [0.5, 0.6) is 0 Å². The van der Waals surface area contributed by atoms with Crippen molar-refractivity contribution in [3.05, 3.63) is 50.1 Å². The predicted molar refractivity (Wildman–Crippen MR) is 108 cm³/mol. The number of thiazole rings is 1. The normalized spacial score (nSPS) is 11.0. The summed E-state index contributed by atoms with van der Waals surface area (Å²) < 4.78 is 14.6. The van der Waals surface area contributed by atoms with Gasteiger partial charge in [-0.15, -0.1) is 35.3 Å². The van der Waals surface area contributed by atoms with Crippen molar-refractivity contribution >= 4 is 57.2 Å². The number of hydrogen-bond donors (Lipinski definition) is 2. The lowest BCUT2D eigenvalue weighted by Crippen LogP contribution is -2.36. The summed E-state index contributed by atoms with van der Waals surface area (Å²) in [6.45, 7) is 5.63. The van der Waals surface area contributed by atoms with Gasteiger partial charge in [-0.25, -0.2) is 14.4 Å². The molecule has 0 saturated heterocycles. The summed E-state index contributed by atoms with van der Waals surface area (Å²) >= 11 is 4.99. The first kappa shape index (κ1) is 20.3. The summed E-state index contributed by atoms with van der Waals surface area (Å²) in [5.41, 5.74) is 0.552. The van der Waals surface area contributed by atoms with E-state index in [0.29, 0.717) is 18.1 Å². The summed E-state index contributed by atoms with van der Waals surface area (Å²) in [4.78, 5) is 9.89. The second-order valence-electron chi connectivity index (χ2n) is 4.65. The maximum Gasteiger partial charge on any atom is 0.191 e. The Balaban J connectivity index is 0.00000264. The smallest absolute Gasteiger partial charge is 0.191 e. The van der Waals surface area contributed by atoms with Gasteiger partial charge < -0.3 is 10.6 Å². The van der Waals surface area contributed by atoms with Crippen LogP contribution >= 0.6 is 51.2 Å². The fraction of sp³-hybridized carbons (Fsp3) is 0.333. The molecule has 23 heavy (non-hydrogen) atoms. The molecule has 8 heteroatoms. The van der Waals surface area contributed by atoms with Crippen molar-refractivity contribution in [3.8, 4) is 0 Å². The molecular formula is C15H19BrFIN4S. The summed E-state index contributed by atoms with van der Waals surface area (Å²) in [6, 6.07) is 4.86. The predicted octanol–water partition coefficient (Wildman–Crippen LogP) is 4.23. The van der Waals surface area contributed by atoms with Crippen LogP contribution in [0.4, 0.5) is 4.39 Å². The molecule has 2 rings (SSSR count). The number of aliphatic imine (C=N–C) groups is 1. The van der Waals surface area contributed by atoms with E-state index < -0.39 is 0 Å². The number of nitrogens with one attached hydrogen (secondary N) is 2. The molecular weight excluding hydrogens is 494 g/mol. The van der Waals surface area contributed by atoms with E-state index in [-0.39, 0.29) is 36.3 Å². The molecule has 0 aliphatic carbocycles. The third kappa shape index (κ3) is 6.72. The monoisotopic (exact) mass is 512 g/mol. The van der Waals surface area contributed by atoms with Crippen molar-refractivity contribution in [2.45, 2.75) is 26.9 Å². The fourth-order valence-electron chi connectivity index (χ4n) is 1.81. The Labute approximate surface area is 165 Å². The van der Waals surface area contributed by atoms with Crippen LogP contribution in [0.2, 0.25) is 0 Å².